The van der Waals surface area contributed by atoms with Crippen molar-refractivity contribution in [2.24, 2.45) is 11.7 Å². The number of anilines is 1. The molecule has 1 aliphatic heterocycles. The molecular formula is C16H21N3. The fourth-order valence-electron chi connectivity index (χ4n) is 3.03. The Kier molecular flexibility index (Phi) is 3.38. The molecule has 1 unspecified atom stereocenters. The average molecular weight is 255 g/mol. The second-order valence-electron chi connectivity index (χ2n) is 5.55. The first-order valence-electron chi connectivity index (χ1n) is 7.11. The molecule has 0 saturated carbocycles. The van der Waals surface area contributed by atoms with Crippen molar-refractivity contribution in [2.75, 3.05) is 18.0 Å². The molecule has 3 nitrogen and oxygen atoms in total. The molecule has 3 rings (SSSR count). The van der Waals surface area contributed by atoms with Gasteiger partial charge in [-0.3, -0.25) is 0 Å². The maximum atomic E-state index is 5.81. The lowest BCUT2D eigenvalue weighted by Gasteiger charge is -2.32. The normalized spacial score (nSPS) is 19.9. The van der Waals surface area contributed by atoms with Gasteiger partial charge in [-0.05, 0) is 29.7 Å². The van der Waals surface area contributed by atoms with Crippen LogP contribution in [-0.2, 0) is 6.54 Å². The van der Waals surface area contributed by atoms with Gasteiger partial charge in [-0.15, -0.1) is 0 Å². The standard InChI is InChI=1S/C16H21N3/c1-12-5-4-8-19(11-12)16-15-7-3-2-6-14(15)13(9-17)10-18-16/h2-3,6-7,10,12H,4-5,8-9,11,17H2,1H3. The number of aromatic nitrogens is 1. The monoisotopic (exact) mass is 255 g/mol. The van der Waals surface area contributed by atoms with Crippen LogP contribution in [0.3, 0.4) is 0 Å². The summed E-state index contributed by atoms with van der Waals surface area (Å²) in [6.45, 7) is 5.09. The highest BCUT2D eigenvalue weighted by Crippen LogP contribution is 2.29. The molecule has 0 aliphatic carbocycles. The Morgan fingerprint density at radius 3 is 2.84 bits per heavy atom. The summed E-state index contributed by atoms with van der Waals surface area (Å²) in [6.07, 6.45) is 4.53. The van der Waals surface area contributed by atoms with Gasteiger partial charge in [0.1, 0.15) is 5.82 Å². The predicted octanol–water partition coefficient (Wildman–Crippen LogP) is 2.93. The Morgan fingerprint density at radius 2 is 2.11 bits per heavy atom. The number of pyridine rings is 1. The van der Waals surface area contributed by atoms with Crippen LogP contribution in [0.1, 0.15) is 25.3 Å². The first-order chi connectivity index (χ1) is 9.29. The van der Waals surface area contributed by atoms with E-state index < -0.39 is 0 Å². The van der Waals surface area contributed by atoms with Gasteiger partial charge in [0.25, 0.3) is 0 Å². The van der Waals surface area contributed by atoms with E-state index in [1.54, 1.807) is 0 Å². The van der Waals surface area contributed by atoms with Crippen LogP contribution in [0.25, 0.3) is 10.8 Å². The van der Waals surface area contributed by atoms with Crippen LogP contribution >= 0.6 is 0 Å². The highest BCUT2D eigenvalue weighted by Gasteiger charge is 2.19. The van der Waals surface area contributed by atoms with Crippen molar-refractivity contribution in [3.63, 3.8) is 0 Å². The Balaban J connectivity index is 2.09. The van der Waals surface area contributed by atoms with Crippen molar-refractivity contribution in [1.82, 2.24) is 4.98 Å². The molecule has 1 aromatic carbocycles. The molecule has 0 bridgehead atoms. The summed E-state index contributed by atoms with van der Waals surface area (Å²) in [6, 6.07) is 8.47. The van der Waals surface area contributed by atoms with E-state index in [2.05, 4.69) is 41.1 Å². The molecule has 3 heteroatoms. The van der Waals surface area contributed by atoms with Crippen LogP contribution in [0.2, 0.25) is 0 Å². The molecule has 1 atom stereocenters. The zero-order valence-corrected chi connectivity index (χ0v) is 11.5. The molecule has 19 heavy (non-hydrogen) atoms. The molecule has 0 amide bonds. The summed E-state index contributed by atoms with van der Waals surface area (Å²) >= 11 is 0. The van der Waals surface area contributed by atoms with E-state index in [4.69, 9.17) is 5.73 Å². The molecule has 2 heterocycles. The van der Waals surface area contributed by atoms with Crippen molar-refractivity contribution in [3.05, 3.63) is 36.0 Å². The number of nitrogens with zero attached hydrogens (tertiary/aromatic N) is 2. The number of piperidine rings is 1. The van der Waals surface area contributed by atoms with Gasteiger partial charge in [0.15, 0.2) is 0 Å². The van der Waals surface area contributed by atoms with Crippen LogP contribution < -0.4 is 10.6 Å². The second kappa shape index (κ2) is 5.17. The summed E-state index contributed by atoms with van der Waals surface area (Å²) in [5, 5.41) is 2.48. The van der Waals surface area contributed by atoms with Crippen molar-refractivity contribution in [2.45, 2.75) is 26.3 Å². The number of rotatable bonds is 2. The van der Waals surface area contributed by atoms with Crippen LogP contribution in [0.15, 0.2) is 30.5 Å². The van der Waals surface area contributed by atoms with Crippen molar-refractivity contribution < 1.29 is 0 Å². The van der Waals surface area contributed by atoms with E-state index in [-0.39, 0.29) is 0 Å². The minimum absolute atomic E-state index is 0.546. The molecule has 1 aromatic heterocycles. The summed E-state index contributed by atoms with van der Waals surface area (Å²) < 4.78 is 0. The zero-order chi connectivity index (χ0) is 13.2. The van der Waals surface area contributed by atoms with Gasteiger partial charge in [0, 0.05) is 31.2 Å². The fourth-order valence-corrected chi connectivity index (χ4v) is 3.03. The number of fused-ring (bicyclic) bond motifs is 1. The molecule has 2 aromatic rings. The number of nitrogens with two attached hydrogens (primary N) is 1. The summed E-state index contributed by atoms with van der Waals surface area (Å²) in [5.41, 5.74) is 6.94. The number of hydrogen-bond donors (Lipinski definition) is 1. The van der Waals surface area contributed by atoms with E-state index in [0.717, 1.165) is 30.4 Å². The van der Waals surface area contributed by atoms with Gasteiger partial charge in [0.05, 0.1) is 0 Å². The molecular weight excluding hydrogens is 234 g/mol. The van der Waals surface area contributed by atoms with Crippen LogP contribution in [0, 0.1) is 5.92 Å². The van der Waals surface area contributed by atoms with Gasteiger partial charge in [-0.1, -0.05) is 31.2 Å². The Bertz CT molecular complexity index is 579. The maximum Gasteiger partial charge on any atom is 0.136 e. The molecule has 0 radical (unpaired) electrons. The third-order valence-corrected chi connectivity index (χ3v) is 4.03. The molecule has 1 saturated heterocycles. The molecule has 0 spiro atoms. The lowest BCUT2D eigenvalue weighted by atomic mass is 9.99. The summed E-state index contributed by atoms with van der Waals surface area (Å²) in [7, 11) is 0. The highest BCUT2D eigenvalue weighted by molar-refractivity contribution is 5.94. The van der Waals surface area contributed by atoms with Gasteiger partial charge in [0.2, 0.25) is 0 Å². The Labute approximate surface area is 114 Å². The largest absolute Gasteiger partial charge is 0.356 e. The predicted molar refractivity (Wildman–Crippen MR) is 80.2 cm³/mol. The quantitative estimate of drug-likeness (QED) is 0.897. The van der Waals surface area contributed by atoms with Crippen LogP contribution in [-0.4, -0.2) is 18.1 Å². The fraction of sp³-hybridized carbons (Fsp3) is 0.438. The molecule has 1 aliphatic rings. The molecule has 1 fully saturated rings. The first kappa shape index (κ1) is 12.4. The highest BCUT2D eigenvalue weighted by atomic mass is 15.2. The van der Waals surface area contributed by atoms with Gasteiger partial charge in [-0.2, -0.15) is 0 Å². The third kappa shape index (κ3) is 2.30. The molecule has 2 N–H and O–H groups in total. The summed E-state index contributed by atoms with van der Waals surface area (Å²) in [4.78, 5) is 7.11. The topological polar surface area (TPSA) is 42.2 Å². The number of hydrogen-bond acceptors (Lipinski definition) is 3. The van der Waals surface area contributed by atoms with Gasteiger partial charge >= 0.3 is 0 Å². The van der Waals surface area contributed by atoms with Crippen LogP contribution in [0.5, 0.6) is 0 Å². The van der Waals surface area contributed by atoms with E-state index in [1.165, 1.54) is 23.6 Å². The van der Waals surface area contributed by atoms with Crippen molar-refractivity contribution in [1.29, 1.82) is 0 Å². The Morgan fingerprint density at radius 1 is 1.32 bits per heavy atom. The lowest BCUT2D eigenvalue weighted by molar-refractivity contribution is 0.445. The lowest BCUT2D eigenvalue weighted by Crippen LogP contribution is -2.35. The summed E-state index contributed by atoms with van der Waals surface area (Å²) in [5.74, 6) is 1.88. The number of benzene rings is 1. The van der Waals surface area contributed by atoms with Crippen molar-refractivity contribution in [3.8, 4) is 0 Å². The van der Waals surface area contributed by atoms with Crippen molar-refractivity contribution >= 4 is 16.6 Å². The van der Waals surface area contributed by atoms with Crippen LogP contribution in [0.4, 0.5) is 5.82 Å². The van der Waals surface area contributed by atoms with Gasteiger partial charge in [-0.25, -0.2) is 4.98 Å². The first-order valence-corrected chi connectivity index (χ1v) is 7.11. The second-order valence-corrected chi connectivity index (χ2v) is 5.55. The van der Waals surface area contributed by atoms with E-state index in [9.17, 15) is 0 Å². The minimum atomic E-state index is 0.546. The SMILES string of the molecule is CC1CCCN(c2ncc(CN)c3ccccc23)C1. The Hall–Kier alpha value is -1.61. The van der Waals surface area contributed by atoms with E-state index in [0.29, 0.717) is 6.54 Å². The zero-order valence-electron chi connectivity index (χ0n) is 11.5. The molecule has 100 valence electrons. The minimum Gasteiger partial charge on any atom is -0.356 e. The van der Waals surface area contributed by atoms with Gasteiger partial charge < -0.3 is 10.6 Å². The average Bonchev–Trinajstić information content (AvgIpc) is 2.46. The van der Waals surface area contributed by atoms with E-state index in [1.807, 2.05) is 6.20 Å². The third-order valence-electron chi connectivity index (χ3n) is 4.03. The van der Waals surface area contributed by atoms with E-state index >= 15 is 0 Å². The smallest absolute Gasteiger partial charge is 0.136 e. The maximum absolute atomic E-state index is 5.81.